The highest BCUT2D eigenvalue weighted by atomic mass is 16.6. The van der Waals surface area contributed by atoms with E-state index in [1.807, 2.05) is 12.1 Å². The first-order valence-electron chi connectivity index (χ1n) is 9.31. The Morgan fingerprint density at radius 1 is 1.07 bits per heavy atom. The average molecular weight is 413 g/mol. The maximum Gasteiger partial charge on any atom is 0.331 e. The van der Waals surface area contributed by atoms with Crippen LogP contribution in [-0.2, 0) is 20.9 Å². The number of fused-ring (bicyclic) bond motifs is 1. The van der Waals surface area contributed by atoms with E-state index in [0.717, 1.165) is 11.3 Å². The predicted octanol–water partition coefficient (Wildman–Crippen LogP) is 2.35. The largest absolute Gasteiger partial charge is 0.497 e. The number of methoxy groups -OCH3 is 2. The Morgan fingerprint density at radius 2 is 1.83 bits per heavy atom. The zero-order chi connectivity index (χ0) is 21.3. The molecule has 2 aromatic rings. The maximum atomic E-state index is 11.9. The Balaban J connectivity index is 1.48. The van der Waals surface area contributed by atoms with Crippen molar-refractivity contribution < 1.29 is 33.3 Å². The van der Waals surface area contributed by atoms with E-state index in [-0.39, 0.29) is 6.61 Å². The van der Waals surface area contributed by atoms with E-state index in [1.54, 1.807) is 37.5 Å². The van der Waals surface area contributed by atoms with Crippen molar-refractivity contribution in [2.24, 2.45) is 0 Å². The van der Waals surface area contributed by atoms with Gasteiger partial charge in [0.15, 0.2) is 18.1 Å². The third-order valence-corrected chi connectivity index (χ3v) is 4.26. The predicted molar refractivity (Wildman–Crippen MR) is 109 cm³/mol. The zero-order valence-electron chi connectivity index (χ0n) is 16.8. The van der Waals surface area contributed by atoms with Gasteiger partial charge >= 0.3 is 5.97 Å². The fourth-order valence-corrected chi connectivity index (χ4v) is 2.73. The Kier molecular flexibility index (Phi) is 7.15. The number of carbonyl (C=O) groups excluding carboxylic acids is 2. The first kappa shape index (κ1) is 21.0. The molecule has 0 bridgehead atoms. The number of esters is 1. The lowest BCUT2D eigenvalue weighted by molar-refractivity contribution is -0.143. The molecular weight excluding hydrogens is 390 g/mol. The van der Waals surface area contributed by atoms with Gasteiger partial charge in [0.25, 0.3) is 5.91 Å². The number of hydrogen-bond acceptors (Lipinski definition) is 7. The Hall–Kier alpha value is -3.68. The van der Waals surface area contributed by atoms with Gasteiger partial charge in [-0.1, -0.05) is 12.1 Å². The van der Waals surface area contributed by atoms with Gasteiger partial charge in [-0.25, -0.2) is 4.79 Å². The first-order valence-corrected chi connectivity index (χ1v) is 9.31. The van der Waals surface area contributed by atoms with E-state index >= 15 is 0 Å². The molecule has 0 saturated carbocycles. The molecule has 3 rings (SSSR count). The third kappa shape index (κ3) is 5.66. The van der Waals surface area contributed by atoms with Crippen molar-refractivity contribution in [2.45, 2.75) is 6.54 Å². The molecule has 1 heterocycles. The van der Waals surface area contributed by atoms with Crippen molar-refractivity contribution in [1.82, 2.24) is 5.32 Å². The van der Waals surface area contributed by atoms with Crippen LogP contribution < -0.4 is 24.3 Å². The van der Waals surface area contributed by atoms with Crippen LogP contribution in [0.15, 0.2) is 42.5 Å². The second kappa shape index (κ2) is 10.2. The van der Waals surface area contributed by atoms with E-state index in [0.29, 0.717) is 42.6 Å². The molecule has 30 heavy (non-hydrogen) atoms. The van der Waals surface area contributed by atoms with E-state index < -0.39 is 11.9 Å². The van der Waals surface area contributed by atoms with Crippen molar-refractivity contribution in [3.8, 4) is 23.0 Å². The van der Waals surface area contributed by atoms with Crippen LogP contribution in [0.25, 0.3) is 6.08 Å². The lowest BCUT2D eigenvalue weighted by Gasteiger charge is -2.20. The summed E-state index contributed by atoms with van der Waals surface area (Å²) in [6.07, 6.45) is 2.79. The van der Waals surface area contributed by atoms with E-state index in [4.69, 9.17) is 23.7 Å². The molecule has 1 aliphatic heterocycles. The molecule has 2 aromatic carbocycles. The van der Waals surface area contributed by atoms with Gasteiger partial charge in [0.1, 0.15) is 19.0 Å². The molecule has 0 radical (unpaired) electrons. The van der Waals surface area contributed by atoms with Crippen LogP contribution in [0.4, 0.5) is 0 Å². The molecule has 0 aromatic heterocycles. The lowest BCUT2D eigenvalue weighted by Crippen LogP contribution is -2.28. The number of benzene rings is 2. The molecule has 0 unspecified atom stereocenters. The second-order valence-corrected chi connectivity index (χ2v) is 6.31. The minimum atomic E-state index is -0.636. The molecule has 8 nitrogen and oxygen atoms in total. The molecule has 0 saturated heterocycles. The quantitative estimate of drug-likeness (QED) is 0.525. The van der Waals surface area contributed by atoms with Gasteiger partial charge in [0.2, 0.25) is 5.75 Å². The summed E-state index contributed by atoms with van der Waals surface area (Å²) >= 11 is 0. The van der Waals surface area contributed by atoms with Crippen molar-refractivity contribution in [1.29, 1.82) is 0 Å². The van der Waals surface area contributed by atoms with Gasteiger partial charge in [-0.15, -0.1) is 0 Å². The number of nitrogens with one attached hydrogen (secondary N) is 1. The van der Waals surface area contributed by atoms with Gasteiger partial charge < -0.3 is 29.0 Å². The van der Waals surface area contributed by atoms with Crippen molar-refractivity contribution in [3.63, 3.8) is 0 Å². The van der Waals surface area contributed by atoms with E-state index in [2.05, 4.69) is 5.32 Å². The Bertz CT molecular complexity index is 905. The molecule has 1 amide bonds. The second-order valence-electron chi connectivity index (χ2n) is 6.31. The monoisotopic (exact) mass is 413 g/mol. The molecule has 8 heteroatoms. The number of ether oxygens (including phenoxy) is 5. The topological polar surface area (TPSA) is 92.3 Å². The van der Waals surface area contributed by atoms with Crippen LogP contribution in [-0.4, -0.2) is 45.9 Å². The fourth-order valence-electron chi connectivity index (χ4n) is 2.73. The van der Waals surface area contributed by atoms with Crippen LogP contribution >= 0.6 is 0 Å². The lowest BCUT2D eigenvalue weighted by atomic mass is 10.1. The van der Waals surface area contributed by atoms with Crippen LogP contribution in [0.1, 0.15) is 11.1 Å². The van der Waals surface area contributed by atoms with Gasteiger partial charge in [0.05, 0.1) is 14.2 Å². The fraction of sp³-hybridized carbons (Fsp3) is 0.273. The summed E-state index contributed by atoms with van der Waals surface area (Å²) in [5.41, 5.74) is 1.58. The van der Waals surface area contributed by atoms with E-state index in [9.17, 15) is 9.59 Å². The number of carbonyl (C=O) groups is 2. The normalized spacial score (nSPS) is 12.3. The molecular formula is C22H23NO7. The summed E-state index contributed by atoms with van der Waals surface area (Å²) in [6.45, 7) is 0.847. The molecule has 1 N–H and O–H groups in total. The van der Waals surface area contributed by atoms with Crippen molar-refractivity contribution >= 4 is 18.0 Å². The molecule has 0 aliphatic carbocycles. The molecule has 1 aliphatic rings. The molecule has 0 atom stereocenters. The number of hydrogen-bond donors (Lipinski definition) is 1. The highest BCUT2D eigenvalue weighted by Gasteiger charge is 2.17. The summed E-state index contributed by atoms with van der Waals surface area (Å²) in [5.74, 6) is 1.31. The highest BCUT2D eigenvalue weighted by Crippen LogP contribution is 2.40. The van der Waals surface area contributed by atoms with Gasteiger partial charge in [-0.3, -0.25) is 4.79 Å². The Morgan fingerprint density at radius 3 is 2.57 bits per heavy atom. The molecule has 0 fully saturated rings. The van der Waals surface area contributed by atoms with Gasteiger partial charge in [-0.2, -0.15) is 0 Å². The van der Waals surface area contributed by atoms with Crippen LogP contribution in [0.3, 0.4) is 0 Å². The summed E-state index contributed by atoms with van der Waals surface area (Å²) in [7, 11) is 3.11. The summed E-state index contributed by atoms with van der Waals surface area (Å²) in [4.78, 5) is 23.8. The smallest absolute Gasteiger partial charge is 0.331 e. The maximum absolute atomic E-state index is 11.9. The summed E-state index contributed by atoms with van der Waals surface area (Å²) in [5, 5.41) is 2.69. The minimum Gasteiger partial charge on any atom is -0.497 e. The minimum absolute atomic E-state index is 0.327. The number of rotatable bonds is 8. The number of amides is 1. The highest BCUT2D eigenvalue weighted by molar-refractivity contribution is 5.89. The molecule has 158 valence electrons. The van der Waals surface area contributed by atoms with Crippen LogP contribution in [0.5, 0.6) is 23.0 Å². The molecule has 0 spiro atoms. The van der Waals surface area contributed by atoms with Crippen molar-refractivity contribution in [3.05, 3.63) is 53.6 Å². The van der Waals surface area contributed by atoms with E-state index in [1.165, 1.54) is 13.2 Å². The SMILES string of the molecule is COc1ccc(CNC(=O)COC(=O)/C=C/c2cc(OC)c3c(c2)OCCO3)cc1. The summed E-state index contributed by atoms with van der Waals surface area (Å²) < 4.78 is 26.5. The van der Waals surface area contributed by atoms with Crippen LogP contribution in [0.2, 0.25) is 0 Å². The summed E-state index contributed by atoms with van der Waals surface area (Å²) in [6, 6.07) is 10.8. The average Bonchev–Trinajstić information content (AvgIpc) is 2.79. The first-order chi connectivity index (χ1) is 14.6. The standard InChI is InChI=1S/C22H23NO7/c1-26-17-6-3-15(4-7-17)13-23-20(24)14-30-21(25)8-5-16-11-18(27-2)22-19(12-16)28-9-10-29-22/h3-8,11-12H,9-10,13-14H2,1-2H3,(H,23,24)/b8-5+. The zero-order valence-corrected chi connectivity index (χ0v) is 16.8. The van der Waals surface area contributed by atoms with Crippen LogP contribution in [0, 0.1) is 0 Å². The Labute approximate surface area is 174 Å². The van der Waals surface area contributed by atoms with Crippen molar-refractivity contribution in [2.75, 3.05) is 34.0 Å². The third-order valence-electron chi connectivity index (χ3n) is 4.26. The van der Waals surface area contributed by atoms with Gasteiger partial charge in [-0.05, 0) is 41.5 Å². The van der Waals surface area contributed by atoms with Gasteiger partial charge in [0, 0.05) is 12.6 Å².